The summed E-state index contributed by atoms with van der Waals surface area (Å²) < 4.78 is 0. The van der Waals surface area contributed by atoms with Crippen molar-refractivity contribution >= 4 is 5.91 Å². The molecule has 1 saturated heterocycles. The molecular formula is C11H21NO3. The maximum absolute atomic E-state index is 11.6. The Morgan fingerprint density at radius 2 is 2.07 bits per heavy atom. The number of aliphatic hydroxyl groups excluding tert-OH is 2. The zero-order valence-corrected chi connectivity index (χ0v) is 9.35. The predicted molar refractivity (Wildman–Crippen MR) is 57.3 cm³/mol. The maximum atomic E-state index is 11.6. The van der Waals surface area contributed by atoms with Crippen LogP contribution in [0.1, 0.15) is 32.6 Å². The first kappa shape index (κ1) is 12.5. The molecule has 0 spiro atoms. The fourth-order valence-corrected chi connectivity index (χ4v) is 2.02. The number of rotatable bonds is 4. The van der Waals surface area contributed by atoms with Gasteiger partial charge in [0.1, 0.15) is 0 Å². The maximum Gasteiger partial charge on any atom is 0.222 e. The molecule has 1 amide bonds. The molecule has 0 bridgehead atoms. The lowest BCUT2D eigenvalue weighted by molar-refractivity contribution is -0.133. The van der Waals surface area contributed by atoms with Crippen LogP contribution in [0.3, 0.4) is 0 Å². The van der Waals surface area contributed by atoms with E-state index in [1.807, 2.05) is 11.8 Å². The molecule has 4 nitrogen and oxygen atoms in total. The van der Waals surface area contributed by atoms with Crippen molar-refractivity contribution in [3.63, 3.8) is 0 Å². The molecule has 1 unspecified atom stereocenters. The van der Waals surface area contributed by atoms with Gasteiger partial charge in [-0.15, -0.1) is 0 Å². The van der Waals surface area contributed by atoms with Gasteiger partial charge < -0.3 is 15.1 Å². The number of amides is 1. The molecule has 88 valence electrons. The standard InChI is InChI=1S/C11H21NO3/c1-9(14)10-4-6-12(7-5-10)11(15)3-2-8-13/h9-10,13-14H,2-8H2,1H3. The lowest BCUT2D eigenvalue weighted by atomic mass is 9.92. The average molecular weight is 215 g/mol. The summed E-state index contributed by atoms with van der Waals surface area (Å²) in [5.41, 5.74) is 0. The van der Waals surface area contributed by atoms with Crippen molar-refractivity contribution in [2.24, 2.45) is 5.92 Å². The zero-order valence-electron chi connectivity index (χ0n) is 9.35. The van der Waals surface area contributed by atoms with E-state index in [0.717, 1.165) is 25.9 Å². The second kappa shape index (κ2) is 6.08. The van der Waals surface area contributed by atoms with E-state index >= 15 is 0 Å². The van der Waals surface area contributed by atoms with Gasteiger partial charge in [-0.05, 0) is 32.1 Å². The van der Waals surface area contributed by atoms with Gasteiger partial charge in [0.2, 0.25) is 5.91 Å². The van der Waals surface area contributed by atoms with Crippen LogP contribution in [-0.2, 0) is 4.79 Å². The van der Waals surface area contributed by atoms with Gasteiger partial charge in [0.25, 0.3) is 0 Å². The summed E-state index contributed by atoms with van der Waals surface area (Å²) in [5.74, 6) is 0.472. The third-order valence-corrected chi connectivity index (χ3v) is 3.12. The first-order chi connectivity index (χ1) is 7.15. The number of likely N-dealkylation sites (tertiary alicyclic amines) is 1. The first-order valence-electron chi connectivity index (χ1n) is 5.72. The molecule has 0 saturated carbocycles. The van der Waals surface area contributed by atoms with Crippen molar-refractivity contribution in [3.8, 4) is 0 Å². The summed E-state index contributed by atoms with van der Waals surface area (Å²) in [4.78, 5) is 13.4. The number of hydrogen-bond donors (Lipinski definition) is 2. The molecule has 0 aromatic rings. The summed E-state index contributed by atoms with van der Waals surface area (Å²) >= 11 is 0. The summed E-state index contributed by atoms with van der Waals surface area (Å²) in [7, 11) is 0. The average Bonchev–Trinajstić information content (AvgIpc) is 2.26. The molecule has 0 aromatic carbocycles. The highest BCUT2D eigenvalue weighted by Gasteiger charge is 2.24. The second-order valence-corrected chi connectivity index (χ2v) is 4.29. The van der Waals surface area contributed by atoms with E-state index in [0.29, 0.717) is 18.8 Å². The topological polar surface area (TPSA) is 60.8 Å². The summed E-state index contributed by atoms with van der Waals surface area (Å²) in [6.07, 6.45) is 2.51. The lowest BCUT2D eigenvalue weighted by Crippen LogP contribution is -2.40. The largest absolute Gasteiger partial charge is 0.396 e. The van der Waals surface area contributed by atoms with E-state index in [9.17, 15) is 9.90 Å². The van der Waals surface area contributed by atoms with E-state index in [-0.39, 0.29) is 18.6 Å². The monoisotopic (exact) mass is 215 g/mol. The highest BCUT2D eigenvalue weighted by Crippen LogP contribution is 2.20. The smallest absolute Gasteiger partial charge is 0.222 e. The molecule has 1 atom stereocenters. The van der Waals surface area contributed by atoms with Crippen molar-refractivity contribution in [3.05, 3.63) is 0 Å². The minimum absolute atomic E-state index is 0.0792. The molecule has 0 aromatic heterocycles. The number of piperidine rings is 1. The molecule has 4 heteroatoms. The summed E-state index contributed by atoms with van der Waals surface area (Å²) in [5, 5.41) is 18.0. The van der Waals surface area contributed by atoms with Crippen LogP contribution in [0.2, 0.25) is 0 Å². The van der Waals surface area contributed by atoms with E-state index in [1.165, 1.54) is 0 Å². The van der Waals surface area contributed by atoms with Gasteiger partial charge >= 0.3 is 0 Å². The van der Waals surface area contributed by atoms with Gasteiger partial charge in [-0.25, -0.2) is 0 Å². The van der Waals surface area contributed by atoms with Crippen molar-refractivity contribution < 1.29 is 15.0 Å². The normalized spacial score (nSPS) is 20.3. The number of carbonyl (C=O) groups excluding carboxylic acids is 1. The van der Waals surface area contributed by atoms with Crippen LogP contribution >= 0.6 is 0 Å². The number of nitrogens with zero attached hydrogens (tertiary/aromatic N) is 1. The van der Waals surface area contributed by atoms with Gasteiger partial charge in [0.05, 0.1) is 6.10 Å². The fraction of sp³-hybridized carbons (Fsp3) is 0.909. The van der Waals surface area contributed by atoms with Crippen molar-refractivity contribution in [2.45, 2.75) is 38.7 Å². The van der Waals surface area contributed by atoms with Crippen LogP contribution in [-0.4, -0.2) is 46.8 Å². The summed E-state index contributed by atoms with van der Waals surface area (Å²) in [6.45, 7) is 3.39. The van der Waals surface area contributed by atoms with E-state index in [2.05, 4.69) is 0 Å². The SMILES string of the molecule is CC(O)C1CCN(C(=O)CCCO)CC1. The van der Waals surface area contributed by atoms with Crippen molar-refractivity contribution in [1.29, 1.82) is 0 Å². The fourth-order valence-electron chi connectivity index (χ4n) is 2.02. The summed E-state index contributed by atoms with van der Waals surface area (Å²) in [6, 6.07) is 0. The Morgan fingerprint density at radius 3 is 2.53 bits per heavy atom. The van der Waals surface area contributed by atoms with Gasteiger partial charge in [0.15, 0.2) is 0 Å². The van der Waals surface area contributed by atoms with Crippen LogP contribution < -0.4 is 0 Å². The molecule has 1 heterocycles. The Bertz CT molecular complexity index is 198. The molecule has 15 heavy (non-hydrogen) atoms. The lowest BCUT2D eigenvalue weighted by Gasteiger charge is -2.33. The molecule has 0 aliphatic carbocycles. The third kappa shape index (κ3) is 3.80. The molecule has 1 aliphatic rings. The minimum Gasteiger partial charge on any atom is -0.396 e. The van der Waals surface area contributed by atoms with Crippen LogP contribution in [0.4, 0.5) is 0 Å². The predicted octanol–water partition coefficient (Wildman–Crippen LogP) is 0.378. The molecule has 1 aliphatic heterocycles. The van der Waals surface area contributed by atoms with Crippen LogP contribution in [0.5, 0.6) is 0 Å². The Labute approximate surface area is 90.9 Å². The molecule has 2 N–H and O–H groups in total. The minimum atomic E-state index is -0.264. The number of carbonyl (C=O) groups is 1. The Hall–Kier alpha value is -0.610. The van der Waals surface area contributed by atoms with Gasteiger partial charge in [-0.3, -0.25) is 4.79 Å². The molecule has 1 fully saturated rings. The Kier molecular flexibility index (Phi) is 5.05. The molecular weight excluding hydrogens is 194 g/mol. The quantitative estimate of drug-likeness (QED) is 0.712. The van der Waals surface area contributed by atoms with Gasteiger partial charge in [-0.2, -0.15) is 0 Å². The van der Waals surface area contributed by atoms with Crippen molar-refractivity contribution in [1.82, 2.24) is 4.90 Å². The highest BCUT2D eigenvalue weighted by atomic mass is 16.3. The third-order valence-electron chi connectivity index (χ3n) is 3.12. The molecule has 1 rings (SSSR count). The highest BCUT2D eigenvalue weighted by molar-refractivity contribution is 5.76. The van der Waals surface area contributed by atoms with E-state index in [4.69, 9.17) is 5.11 Å². The zero-order chi connectivity index (χ0) is 11.3. The van der Waals surface area contributed by atoms with Crippen LogP contribution in [0.15, 0.2) is 0 Å². The van der Waals surface area contributed by atoms with Crippen molar-refractivity contribution in [2.75, 3.05) is 19.7 Å². The Morgan fingerprint density at radius 1 is 1.47 bits per heavy atom. The first-order valence-corrected chi connectivity index (χ1v) is 5.72. The number of hydrogen-bond acceptors (Lipinski definition) is 3. The van der Waals surface area contributed by atoms with Gasteiger partial charge in [0, 0.05) is 26.1 Å². The molecule has 0 radical (unpaired) electrons. The Balaban J connectivity index is 2.27. The van der Waals surface area contributed by atoms with Crippen LogP contribution in [0.25, 0.3) is 0 Å². The number of aliphatic hydroxyl groups is 2. The second-order valence-electron chi connectivity index (χ2n) is 4.29. The van der Waals surface area contributed by atoms with Gasteiger partial charge in [-0.1, -0.05) is 0 Å². The van der Waals surface area contributed by atoms with Crippen LogP contribution in [0, 0.1) is 5.92 Å². The van der Waals surface area contributed by atoms with E-state index < -0.39 is 0 Å². The van der Waals surface area contributed by atoms with E-state index in [1.54, 1.807) is 0 Å².